The lowest BCUT2D eigenvalue weighted by Crippen LogP contribution is -2.32. The summed E-state index contributed by atoms with van der Waals surface area (Å²) in [6.07, 6.45) is 0.455. The van der Waals surface area contributed by atoms with Crippen LogP contribution < -0.4 is 10.1 Å². The number of nitrogens with one attached hydrogen (secondary N) is 1. The molecule has 0 fully saturated rings. The van der Waals surface area contributed by atoms with Crippen molar-refractivity contribution in [1.82, 2.24) is 10.2 Å². The Labute approximate surface area is 208 Å². The van der Waals surface area contributed by atoms with Crippen LogP contribution in [-0.4, -0.2) is 55.1 Å². The van der Waals surface area contributed by atoms with Crippen molar-refractivity contribution in [2.75, 3.05) is 27.3 Å². The van der Waals surface area contributed by atoms with Crippen molar-refractivity contribution in [3.63, 3.8) is 0 Å². The maximum atomic E-state index is 12.6. The molecular formula is C25H29N3O8. The van der Waals surface area contributed by atoms with Gasteiger partial charge in [0.05, 0.1) is 31.0 Å². The molecule has 192 valence electrons. The second-order valence-electron chi connectivity index (χ2n) is 8.43. The number of carbonyl (C=O) groups is 3. The van der Waals surface area contributed by atoms with Gasteiger partial charge in [0, 0.05) is 32.3 Å². The second-order valence-corrected chi connectivity index (χ2v) is 8.43. The van der Waals surface area contributed by atoms with Gasteiger partial charge in [0.1, 0.15) is 12.4 Å². The number of esters is 1. The molecule has 0 aliphatic carbocycles. The minimum atomic E-state index is -0.590. The van der Waals surface area contributed by atoms with E-state index in [1.54, 1.807) is 11.9 Å². The Morgan fingerprint density at radius 2 is 1.92 bits per heavy atom. The summed E-state index contributed by atoms with van der Waals surface area (Å²) in [5.41, 5.74) is 2.57. The van der Waals surface area contributed by atoms with Gasteiger partial charge in [-0.1, -0.05) is 6.07 Å². The van der Waals surface area contributed by atoms with E-state index in [0.717, 1.165) is 11.1 Å². The number of hydrogen-bond acceptors (Lipinski definition) is 8. The molecule has 2 amide bonds. The maximum Gasteiger partial charge on any atom is 0.407 e. The molecule has 0 spiro atoms. The number of carbonyl (C=O) groups excluding carboxylic acids is 3. The highest BCUT2D eigenvalue weighted by Crippen LogP contribution is 2.27. The minimum Gasteiger partial charge on any atom is -0.494 e. The summed E-state index contributed by atoms with van der Waals surface area (Å²) in [4.78, 5) is 47.9. The molecule has 1 N–H and O–H groups in total. The molecule has 11 nitrogen and oxygen atoms in total. The fourth-order valence-electron chi connectivity index (χ4n) is 3.85. The number of ether oxygens (including phenoxy) is 3. The predicted molar refractivity (Wildman–Crippen MR) is 128 cm³/mol. The van der Waals surface area contributed by atoms with Crippen molar-refractivity contribution in [3.05, 3.63) is 69.3 Å². The number of benzene rings is 2. The molecule has 1 heterocycles. The predicted octanol–water partition coefficient (Wildman–Crippen LogP) is 2.98. The highest BCUT2D eigenvalue weighted by Gasteiger charge is 2.30. The molecule has 1 aliphatic rings. The van der Waals surface area contributed by atoms with Gasteiger partial charge in [-0.05, 0) is 53.8 Å². The van der Waals surface area contributed by atoms with E-state index in [0.29, 0.717) is 43.9 Å². The van der Waals surface area contributed by atoms with E-state index in [9.17, 15) is 24.5 Å². The standard InChI is InChI=1S/C25H29N3O8/c1-27-15-20-13-22(9-6-18(20)12-19(24(27)30)14-23(29)34-2)35-11-3-10-26-25(31)36-16-17-4-7-21(8-5-17)28(32)33/h4-9,13,19H,3,10-12,14-16H2,1-2H3,(H,26,31). The molecule has 0 saturated carbocycles. The van der Waals surface area contributed by atoms with Crippen molar-refractivity contribution < 1.29 is 33.5 Å². The smallest absolute Gasteiger partial charge is 0.407 e. The van der Waals surface area contributed by atoms with Crippen LogP contribution in [0.2, 0.25) is 0 Å². The van der Waals surface area contributed by atoms with Crippen LogP contribution in [0.1, 0.15) is 29.5 Å². The normalized spacial score (nSPS) is 14.9. The summed E-state index contributed by atoms with van der Waals surface area (Å²) in [6.45, 7) is 1.13. The molecule has 2 aromatic carbocycles. The van der Waals surface area contributed by atoms with Crippen LogP contribution in [-0.2, 0) is 38.6 Å². The topological polar surface area (TPSA) is 137 Å². The first-order valence-electron chi connectivity index (χ1n) is 11.5. The average molecular weight is 500 g/mol. The number of hydrogen-bond donors (Lipinski definition) is 1. The number of nitro groups is 1. The van der Waals surface area contributed by atoms with Crippen molar-refractivity contribution in [1.29, 1.82) is 0 Å². The zero-order valence-electron chi connectivity index (χ0n) is 20.2. The van der Waals surface area contributed by atoms with Gasteiger partial charge in [-0.3, -0.25) is 19.7 Å². The van der Waals surface area contributed by atoms with Crippen LogP contribution in [0.15, 0.2) is 42.5 Å². The summed E-state index contributed by atoms with van der Waals surface area (Å²) in [6, 6.07) is 11.4. The van der Waals surface area contributed by atoms with Crippen LogP contribution in [0.25, 0.3) is 0 Å². The minimum absolute atomic E-state index is 0.00683. The van der Waals surface area contributed by atoms with Gasteiger partial charge in [-0.15, -0.1) is 0 Å². The number of nitro benzene ring substituents is 1. The van der Waals surface area contributed by atoms with Crippen molar-refractivity contribution in [2.24, 2.45) is 5.92 Å². The first-order chi connectivity index (χ1) is 17.3. The van der Waals surface area contributed by atoms with Crippen LogP contribution in [0.3, 0.4) is 0 Å². The summed E-state index contributed by atoms with van der Waals surface area (Å²) < 4.78 is 15.6. The molecule has 1 atom stereocenters. The number of alkyl carbamates (subject to hydrolysis) is 1. The van der Waals surface area contributed by atoms with Crippen molar-refractivity contribution in [2.45, 2.75) is 32.4 Å². The van der Waals surface area contributed by atoms with Gasteiger partial charge in [0.25, 0.3) is 5.69 Å². The zero-order chi connectivity index (χ0) is 26.1. The van der Waals surface area contributed by atoms with E-state index in [4.69, 9.17) is 14.2 Å². The molecule has 0 aromatic heterocycles. The van der Waals surface area contributed by atoms with Crippen molar-refractivity contribution in [3.8, 4) is 5.75 Å². The highest BCUT2D eigenvalue weighted by molar-refractivity contribution is 5.84. The molecule has 36 heavy (non-hydrogen) atoms. The van der Waals surface area contributed by atoms with Gasteiger partial charge in [0.2, 0.25) is 5.91 Å². The fourth-order valence-corrected chi connectivity index (χ4v) is 3.85. The van der Waals surface area contributed by atoms with E-state index in [1.165, 1.54) is 31.4 Å². The average Bonchev–Trinajstić information content (AvgIpc) is 2.98. The Kier molecular flexibility index (Phi) is 9.20. The Bertz CT molecular complexity index is 1100. The first-order valence-corrected chi connectivity index (χ1v) is 11.5. The summed E-state index contributed by atoms with van der Waals surface area (Å²) in [5.74, 6) is -0.303. The molecule has 1 unspecified atom stereocenters. The lowest BCUT2D eigenvalue weighted by atomic mass is 9.94. The fraction of sp³-hybridized carbons (Fsp3) is 0.400. The van der Waals surface area contributed by atoms with E-state index in [2.05, 4.69) is 5.32 Å². The van der Waals surface area contributed by atoms with Crippen LogP contribution in [0.5, 0.6) is 5.75 Å². The number of amides is 2. The van der Waals surface area contributed by atoms with Gasteiger partial charge < -0.3 is 24.4 Å². The number of methoxy groups -OCH3 is 1. The molecule has 0 saturated heterocycles. The van der Waals surface area contributed by atoms with Gasteiger partial charge >= 0.3 is 12.1 Å². The van der Waals surface area contributed by atoms with Crippen molar-refractivity contribution >= 4 is 23.7 Å². The van der Waals surface area contributed by atoms with Crippen LogP contribution in [0, 0.1) is 16.0 Å². The largest absolute Gasteiger partial charge is 0.494 e. The molecule has 2 aromatic rings. The SMILES string of the molecule is COC(=O)CC1Cc2ccc(OCCCNC(=O)OCc3ccc([N+](=O)[O-])cc3)cc2CN(C)C1=O. The lowest BCUT2D eigenvalue weighted by Gasteiger charge is -2.19. The van der Waals surface area contributed by atoms with Crippen LogP contribution >= 0.6 is 0 Å². The maximum absolute atomic E-state index is 12.6. The number of rotatable bonds is 10. The molecular weight excluding hydrogens is 470 g/mol. The van der Waals surface area contributed by atoms with E-state index in [-0.39, 0.29) is 24.6 Å². The van der Waals surface area contributed by atoms with Crippen LogP contribution in [0.4, 0.5) is 10.5 Å². The quantitative estimate of drug-likeness (QED) is 0.228. The van der Waals surface area contributed by atoms with Gasteiger partial charge in [-0.25, -0.2) is 4.79 Å². The lowest BCUT2D eigenvalue weighted by molar-refractivity contribution is -0.384. The third kappa shape index (κ3) is 7.42. The van der Waals surface area contributed by atoms with Gasteiger partial charge in [-0.2, -0.15) is 0 Å². The monoisotopic (exact) mass is 499 g/mol. The third-order valence-corrected chi connectivity index (χ3v) is 5.79. The second kappa shape index (κ2) is 12.5. The number of fused-ring (bicyclic) bond motifs is 1. The molecule has 3 rings (SSSR count). The number of nitrogens with zero attached hydrogens (tertiary/aromatic N) is 2. The molecule has 1 aliphatic heterocycles. The summed E-state index contributed by atoms with van der Waals surface area (Å²) >= 11 is 0. The van der Waals surface area contributed by atoms with E-state index in [1.807, 2.05) is 18.2 Å². The summed E-state index contributed by atoms with van der Waals surface area (Å²) in [5, 5.41) is 13.3. The Morgan fingerprint density at radius 1 is 1.17 bits per heavy atom. The third-order valence-electron chi connectivity index (χ3n) is 5.79. The van der Waals surface area contributed by atoms with E-state index < -0.39 is 22.9 Å². The highest BCUT2D eigenvalue weighted by atomic mass is 16.6. The Hall–Kier alpha value is -4.15. The first kappa shape index (κ1) is 26.5. The number of non-ortho nitro benzene ring substituents is 1. The Morgan fingerprint density at radius 3 is 2.61 bits per heavy atom. The molecule has 11 heteroatoms. The zero-order valence-corrected chi connectivity index (χ0v) is 20.2. The Balaban J connectivity index is 1.41. The van der Waals surface area contributed by atoms with E-state index >= 15 is 0 Å². The van der Waals surface area contributed by atoms with Gasteiger partial charge in [0.15, 0.2) is 0 Å². The molecule has 0 radical (unpaired) electrons. The summed E-state index contributed by atoms with van der Waals surface area (Å²) in [7, 11) is 3.02. The molecule has 0 bridgehead atoms.